The second-order valence-corrected chi connectivity index (χ2v) is 8.20. The van der Waals surface area contributed by atoms with Crippen LogP contribution in [0.4, 0.5) is 24.8 Å². The summed E-state index contributed by atoms with van der Waals surface area (Å²) in [5.41, 5.74) is 6.04. The molecule has 16 heteroatoms. The fraction of sp³-hybridized carbons (Fsp3) is 0.238. The van der Waals surface area contributed by atoms with Crippen molar-refractivity contribution in [3.05, 3.63) is 48.2 Å². The average molecular weight is 515 g/mol. The van der Waals surface area contributed by atoms with E-state index in [0.717, 1.165) is 16.9 Å². The van der Waals surface area contributed by atoms with Gasteiger partial charge in [0.15, 0.2) is 29.0 Å². The number of hydrogen-bond donors (Lipinski definition) is 3. The second kappa shape index (κ2) is 8.24. The molecule has 0 bridgehead atoms. The number of H-pyrrole nitrogens is 1. The number of nitrogens with two attached hydrogens (primary N) is 1. The summed E-state index contributed by atoms with van der Waals surface area (Å²) in [4.78, 5) is 21.8. The number of imidazole rings is 1. The molecular formula is C21H16F3N9O4. The Bertz CT molecular complexity index is 1640. The molecule has 0 spiro atoms. The number of carbonyl (C=O) groups excluding carboxylic acids is 1. The van der Waals surface area contributed by atoms with Crippen molar-refractivity contribution in [1.29, 1.82) is 0 Å². The van der Waals surface area contributed by atoms with Crippen LogP contribution in [0.2, 0.25) is 0 Å². The standard InChI is InChI=1S/C21H16F3N9O4/c22-21(23,24)14-5-9(8-26-29-14)33-2-1-15(30-33)32-3-4-36-17(20(32)35)16(34)19-27-11-6-10-13(7-12(11)28-19)37-31-18(10)25/h1-2,5-8,16-17,34H,3-4H2,(H2,25,31)(H,27,28)/t16-,17-/m1/s1. The molecule has 190 valence electrons. The summed E-state index contributed by atoms with van der Waals surface area (Å²) in [6.07, 6.45) is -4.94. The third kappa shape index (κ3) is 3.91. The van der Waals surface area contributed by atoms with E-state index in [1.807, 2.05) is 0 Å². The Balaban J connectivity index is 1.25. The van der Waals surface area contributed by atoms with E-state index in [0.29, 0.717) is 22.0 Å². The van der Waals surface area contributed by atoms with Gasteiger partial charge in [0.05, 0.1) is 41.5 Å². The average Bonchev–Trinajstić information content (AvgIpc) is 3.61. The second-order valence-electron chi connectivity index (χ2n) is 8.20. The van der Waals surface area contributed by atoms with Gasteiger partial charge in [-0.2, -0.15) is 18.3 Å². The van der Waals surface area contributed by atoms with Gasteiger partial charge in [0.2, 0.25) is 0 Å². The topological polar surface area (TPSA) is 174 Å². The molecule has 5 aromatic rings. The van der Waals surface area contributed by atoms with E-state index in [1.54, 1.807) is 12.1 Å². The maximum atomic E-state index is 13.2. The highest BCUT2D eigenvalue weighted by atomic mass is 19.4. The molecule has 6 rings (SSSR count). The number of halogens is 3. The number of benzene rings is 1. The molecule has 5 heterocycles. The Morgan fingerprint density at radius 3 is 2.92 bits per heavy atom. The van der Waals surface area contributed by atoms with Crippen molar-refractivity contribution < 1.29 is 32.3 Å². The van der Waals surface area contributed by atoms with Crippen LogP contribution in [0.25, 0.3) is 27.7 Å². The summed E-state index contributed by atoms with van der Waals surface area (Å²) >= 11 is 0. The molecule has 1 amide bonds. The number of anilines is 2. The number of hydrogen-bond acceptors (Lipinski definition) is 10. The number of nitrogens with one attached hydrogen (secondary N) is 1. The third-order valence-electron chi connectivity index (χ3n) is 5.86. The first-order valence-electron chi connectivity index (χ1n) is 10.8. The van der Waals surface area contributed by atoms with Gasteiger partial charge in [0, 0.05) is 18.3 Å². The third-order valence-corrected chi connectivity index (χ3v) is 5.86. The van der Waals surface area contributed by atoms with E-state index in [-0.39, 0.29) is 36.3 Å². The van der Waals surface area contributed by atoms with Gasteiger partial charge in [-0.1, -0.05) is 5.16 Å². The van der Waals surface area contributed by atoms with Crippen LogP contribution in [0.3, 0.4) is 0 Å². The number of aliphatic hydroxyl groups excluding tert-OH is 1. The number of aromatic amines is 1. The van der Waals surface area contributed by atoms with Gasteiger partial charge in [-0.05, 0) is 12.1 Å². The minimum atomic E-state index is -4.67. The lowest BCUT2D eigenvalue weighted by atomic mass is 10.1. The number of fused-ring (bicyclic) bond motifs is 2. The number of nitrogen functional groups attached to an aromatic ring is 1. The SMILES string of the molecule is Nc1noc2cc3[nH]c([C@H](O)[C@H]4OCCN(c5ccn(-c6cnnc(C(F)(F)F)c6)n5)C4=O)nc3cc12. The predicted octanol–water partition coefficient (Wildman–Crippen LogP) is 1.75. The summed E-state index contributed by atoms with van der Waals surface area (Å²) < 4.78 is 50.8. The molecule has 37 heavy (non-hydrogen) atoms. The van der Waals surface area contributed by atoms with E-state index >= 15 is 0 Å². The van der Waals surface area contributed by atoms with Crippen molar-refractivity contribution in [3.8, 4) is 5.69 Å². The summed E-state index contributed by atoms with van der Waals surface area (Å²) in [6.45, 7) is 0.189. The Morgan fingerprint density at radius 2 is 2.11 bits per heavy atom. The number of alkyl halides is 3. The molecule has 1 saturated heterocycles. The van der Waals surface area contributed by atoms with Crippen molar-refractivity contribution in [2.45, 2.75) is 18.4 Å². The highest BCUT2D eigenvalue weighted by Crippen LogP contribution is 2.30. The lowest BCUT2D eigenvalue weighted by Gasteiger charge is -2.32. The number of rotatable bonds is 4. The molecular weight excluding hydrogens is 499 g/mol. The first kappa shape index (κ1) is 22.9. The lowest BCUT2D eigenvalue weighted by molar-refractivity contribution is -0.143. The summed E-state index contributed by atoms with van der Waals surface area (Å²) in [5, 5.41) is 25.9. The fourth-order valence-electron chi connectivity index (χ4n) is 4.05. The minimum Gasteiger partial charge on any atom is -0.382 e. The zero-order valence-electron chi connectivity index (χ0n) is 18.5. The van der Waals surface area contributed by atoms with E-state index < -0.39 is 30.0 Å². The summed E-state index contributed by atoms with van der Waals surface area (Å²) in [5.74, 6) is -0.165. The Labute approximate surface area is 203 Å². The smallest absolute Gasteiger partial charge is 0.382 e. The number of nitrogens with zero attached hydrogens (tertiary/aromatic N) is 7. The van der Waals surface area contributed by atoms with Crippen LogP contribution in [-0.2, 0) is 15.7 Å². The van der Waals surface area contributed by atoms with Crippen LogP contribution >= 0.6 is 0 Å². The largest absolute Gasteiger partial charge is 0.435 e. The molecule has 1 aromatic carbocycles. The number of amides is 1. The van der Waals surface area contributed by atoms with E-state index in [4.69, 9.17) is 15.0 Å². The van der Waals surface area contributed by atoms with Crippen molar-refractivity contribution in [2.75, 3.05) is 23.8 Å². The lowest BCUT2D eigenvalue weighted by Crippen LogP contribution is -2.50. The highest BCUT2D eigenvalue weighted by Gasteiger charge is 2.39. The van der Waals surface area contributed by atoms with Crippen LogP contribution in [0.1, 0.15) is 17.6 Å². The van der Waals surface area contributed by atoms with Crippen molar-refractivity contribution in [3.63, 3.8) is 0 Å². The van der Waals surface area contributed by atoms with Gasteiger partial charge in [-0.3, -0.25) is 9.69 Å². The molecule has 1 aliphatic heterocycles. The fourth-order valence-corrected chi connectivity index (χ4v) is 4.05. The van der Waals surface area contributed by atoms with Crippen molar-refractivity contribution in [2.24, 2.45) is 0 Å². The maximum absolute atomic E-state index is 13.2. The molecule has 0 unspecified atom stereocenters. The first-order chi connectivity index (χ1) is 17.7. The minimum absolute atomic E-state index is 0.00898. The zero-order valence-corrected chi connectivity index (χ0v) is 18.5. The van der Waals surface area contributed by atoms with Gasteiger partial charge in [-0.25, -0.2) is 9.67 Å². The molecule has 1 fully saturated rings. The van der Waals surface area contributed by atoms with Crippen LogP contribution in [0, 0.1) is 0 Å². The predicted molar refractivity (Wildman–Crippen MR) is 119 cm³/mol. The monoisotopic (exact) mass is 515 g/mol. The number of aliphatic hydroxyl groups is 1. The van der Waals surface area contributed by atoms with Gasteiger partial charge in [-0.15, -0.1) is 10.2 Å². The molecule has 0 aliphatic carbocycles. The molecule has 13 nitrogen and oxygen atoms in total. The Hall–Kier alpha value is -4.57. The normalized spacial score (nSPS) is 17.7. The van der Waals surface area contributed by atoms with Crippen LogP contribution in [0.5, 0.6) is 0 Å². The number of carbonyl (C=O) groups is 1. The molecule has 4 aromatic heterocycles. The molecule has 0 saturated carbocycles. The van der Waals surface area contributed by atoms with Crippen molar-refractivity contribution >= 4 is 39.5 Å². The van der Waals surface area contributed by atoms with E-state index in [1.165, 1.54) is 17.2 Å². The van der Waals surface area contributed by atoms with Gasteiger partial charge in [0.25, 0.3) is 5.91 Å². The number of aromatic nitrogens is 7. The Morgan fingerprint density at radius 1 is 1.27 bits per heavy atom. The maximum Gasteiger partial charge on any atom is 0.435 e. The first-order valence-corrected chi connectivity index (χ1v) is 10.8. The zero-order chi connectivity index (χ0) is 25.9. The van der Waals surface area contributed by atoms with Gasteiger partial charge < -0.3 is 25.1 Å². The quantitative estimate of drug-likeness (QED) is 0.320. The number of ether oxygens (including phenoxy) is 1. The number of morpholine rings is 1. The summed E-state index contributed by atoms with van der Waals surface area (Å²) in [7, 11) is 0. The van der Waals surface area contributed by atoms with Crippen molar-refractivity contribution in [1.82, 2.24) is 35.1 Å². The Kier molecular flexibility index (Phi) is 5.09. The summed E-state index contributed by atoms with van der Waals surface area (Å²) in [6, 6.07) is 5.51. The van der Waals surface area contributed by atoms with Crippen LogP contribution < -0.4 is 10.6 Å². The van der Waals surface area contributed by atoms with Gasteiger partial charge in [0.1, 0.15) is 11.9 Å². The molecule has 0 radical (unpaired) electrons. The van der Waals surface area contributed by atoms with Crippen LogP contribution in [-0.4, -0.2) is 65.4 Å². The van der Waals surface area contributed by atoms with Gasteiger partial charge >= 0.3 is 6.18 Å². The molecule has 4 N–H and O–H groups in total. The highest BCUT2D eigenvalue weighted by molar-refractivity contribution is 5.98. The van der Waals surface area contributed by atoms with E-state index in [9.17, 15) is 23.1 Å². The van der Waals surface area contributed by atoms with Crippen LogP contribution in [0.15, 0.2) is 41.2 Å². The molecule has 1 aliphatic rings. The van der Waals surface area contributed by atoms with E-state index in [2.05, 4.69) is 30.4 Å². The molecule has 2 atom stereocenters.